The van der Waals surface area contributed by atoms with E-state index < -0.39 is 17.6 Å². The lowest BCUT2D eigenvalue weighted by molar-refractivity contribution is -0.138. The second-order valence-electron chi connectivity index (χ2n) is 7.16. The Hall–Kier alpha value is -2.88. The molecule has 1 aromatic heterocycles. The smallest absolute Gasteiger partial charge is 0.378 e. The zero-order valence-electron chi connectivity index (χ0n) is 16.3. The molecule has 2 fully saturated rings. The maximum Gasteiger partial charge on any atom is 0.417 e. The molecule has 4 rings (SSSR count). The first-order chi connectivity index (χ1) is 14.4. The number of rotatable bonds is 3. The van der Waals surface area contributed by atoms with Crippen molar-refractivity contribution in [3.8, 4) is 0 Å². The predicted octanol–water partition coefficient (Wildman–Crippen LogP) is 2.29. The van der Waals surface area contributed by atoms with Crippen molar-refractivity contribution in [3.05, 3.63) is 47.8 Å². The second kappa shape index (κ2) is 8.47. The maximum atomic E-state index is 13.2. The minimum absolute atomic E-state index is 0.310. The molecule has 1 aromatic carbocycles. The van der Waals surface area contributed by atoms with Gasteiger partial charge in [0.1, 0.15) is 18.0 Å². The fourth-order valence-corrected chi connectivity index (χ4v) is 3.70. The SMILES string of the molecule is O=C(c1ccccc1C(F)(F)F)N1CCN(c2cc(N3CCOCC3)ncn2)CC1. The predicted molar refractivity (Wildman–Crippen MR) is 105 cm³/mol. The van der Waals surface area contributed by atoms with E-state index in [1.807, 2.05) is 11.0 Å². The zero-order valence-corrected chi connectivity index (χ0v) is 16.3. The fraction of sp³-hybridized carbons (Fsp3) is 0.450. The molecule has 7 nitrogen and oxygen atoms in total. The molecule has 0 N–H and O–H groups in total. The van der Waals surface area contributed by atoms with Crippen LogP contribution in [0.3, 0.4) is 0 Å². The van der Waals surface area contributed by atoms with Gasteiger partial charge >= 0.3 is 6.18 Å². The molecule has 1 amide bonds. The Morgan fingerprint density at radius 1 is 0.900 bits per heavy atom. The van der Waals surface area contributed by atoms with Crippen LogP contribution in [0.15, 0.2) is 36.7 Å². The van der Waals surface area contributed by atoms with Gasteiger partial charge in [-0.2, -0.15) is 13.2 Å². The van der Waals surface area contributed by atoms with E-state index in [0.717, 1.165) is 30.8 Å². The van der Waals surface area contributed by atoms with Crippen LogP contribution in [0.1, 0.15) is 15.9 Å². The highest BCUT2D eigenvalue weighted by Gasteiger charge is 2.36. The number of halogens is 3. The average molecular weight is 421 g/mol. The Morgan fingerprint density at radius 2 is 1.50 bits per heavy atom. The summed E-state index contributed by atoms with van der Waals surface area (Å²) in [4.78, 5) is 27.0. The number of anilines is 2. The lowest BCUT2D eigenvalue weighted by Crippen LogP contribution is -2.49. The van der Waals surface area contributed by atoms with Crippen LogP contribution in [0.5, 0.6) is 0 Å². The Bertz CT molecular complexity index is 894. The van der Waals surface area contributed by atoms with Crippen LogP contribution in [-0.2, 0) is 10.9 Å². The van der Waals surface area contributed by atoms with Gasteiger partial charge in [0, 0.05) is 45.3 Å². The normalized spacial score (nSPS) is 17.9. The van der Waals surface area contributed by atoms with E-state index in [-0.39, 0.29) is 5.56 Å². The quantitative estimate of drug-likeness (QED) is 0.758. The number of amides is 1. The highest BCUT2D eigenvalue weighted by atomic mass is 19.4. The van der Waals surface area contributed by atoms with Gasteiger partial charge in [-0.25, -0.2) is 9.97 Å². The minimum atomic E-state index is -4.56. The van der Waals surface area contributed by atoms with Gasteiger partial charge in [0.15, 0.2) is 0 Å². The number of nitrogens with zero attached hydrogens (tertiary/aromatic N) is 5. The molecular formula is C20H22F3N5O2. The molecule has 0 radical (unpaired) electrons. The number of hydrogen-bond acceptors (Lipinski definition) is 6. The molecule has 2 aliphatic heterocycles. The molecule has 0 atom stereocenters. The average Bonchev–Trinajstić information content (AvgIpc) is 2.79. The van der Waals surface area contributed by atoms with Crippen LogP contribution < -0.4 is 9.80 Å². The third-order valence-electron chi connectivity index (χ3n) is 5.33. The lowest BCUT2D eigenvalue weighted by atomic mass is 10.1. The van der Waals surface area contributed by atoms with Crippen LogP contribution in [0.25, 0.3) is 0 Å². The molecule has 0 bridgehead atoms. The van der Waals surface area contributed by atoms with Gasteiger partial charge in [0.25, 0.3) is 5.91 Å². The Balaban J connectivity index is 1.43. The van der Waals surface area contributed by atoms with E-state index in [1.165, 1.54) is 29.4 Å². The fourth-order valence-electron chi connectivity index (χ4n) is 3.70. The lowest BCUT2D eigenvalue weighted by Gasteiger charge is -2.36. The maximum absolute atomic E-state index is 13.2. The van der Waals surface area contributed by atoms with E-state index >= 15 is 0 Å². The molecule has 2 aliphatic rings. The van der Waals surface area contributed by atoms with Gasteiger partial charge in [-0.1, -0.05) is 12.1 Å². The number of benzene rings is 1. The summed E-state index contributed by atoms with van der Waals surface area (Å²) in [6, 6.07) is 6.82. The number of morpholine rings is 1. The molecule has 30 heavy (non-hydrogen) atoms. The summed E-state index contributed by atoms with van der Waals surface area (Å²) in [5.74, 6) is 0.967. The summed E-state index contributed by atoms with van der Waals surface area (Å²) in [6.07, 6.45) is -3.05. The molecule has 2 aromatic rings. The molecule has 0 aliphatic carbocycles. The number of aromatic nitrogens is 2. The summed E-state index contributed by atoms with van der Waals surface area (Å²) in [7, 11) is 0. The van der Waals surface area contributed by atoms with Crippen LogP contribution in [0, 0.1) is 0 Å². The van der Waals surface area contributed by atoms with Gasteiger partial charge in [-0.05, 0) is 12.1 Å². The molecular weight excluding hydrogens is 399 g/mol. The largest absolute Gasteiger partial charge is 0.417 e. The van der Waals surface area contributed by atoms with Crippen molar-refractivity contribution in [2.75, 3.05) is 62.3 Å². The first kappa shape index (κ1) is 20.4. The molecule has 160 valence electrons. The van der Waals surface area contributed by atoms with Crippen molar-refractivity contribution in [3.63, 3.8) is 0 Å². The number of carbonyl (C=O) groups is 1. The minimum Gasteiger partial charge on any atom is -0.378 e. The first-order valence-corrected chi connectivity index (χ1v) is 9.78. The van der Waals surface area contributed by atoms with Crippen LogP contribution >= 0.6 is 0 Å². The molecule has 3 heterocycles. The molecule has 2 saturated heterocycles. The zero-order chi connectivity index (χ0) is 21.1. The summed E-state index contributed by atoms with van der Waals surface area (Å²) in [6.45, 7) is 4.44. The highest BCUT2D eigenvalue weighted by molar-refractivity contribution is 5.96. The Morgan fingerprint density at radius 3 is 2.13 bits per heavy atom. The highest BCUT2D eigenvalue weighted by Crippen LogP contribution is 2.32. The van der Waals surface area contributed by atoms with E-state index in [4.69, 9.17) is 4.74 Å². The summed E-state index contributed by atoms with van der Waals surface area (Å²) in [5.41, 5.74) is -1.21. The van der Waals surface area contributed by atoms with Crippen LogP contribution in [0.4, 0.5) is 24.8 Å². The first-order valence-electron chi connectivity index (χ1n) is 9.78. The van der Waals surface area contributed by atoms with Crippen molar-refractivity contribution in [2.24, 2.45) is 0 Å². The van der Waals surface area contributed by atoms with Gasteiger partial charge < -0.3 is 19.4 Å². The second-order valence-corrected chi connectivity index (χ2v) is 7.16. The van der Waals surface area contributed by atoms with Crippen molar-refractivity contribution in [2.45, 2.75) is 6.18 Å². The number of piperazine rings is 1. The van der Waals surface area contributed by atoms with Crippen LogP contribution in [0.2, 0.25) is 0 Å². The van der Waals surface area contributed by atoms with E-state index in [1.54, 1.807) is 0 Å². The van der Waals surface area contributed by atoms with E-state index in [9.17, 15) is 18.0 Å². The number of hydrogen-bond donors (Lipinski definition) is 0. The number of alkyl halides is 3. The molecule has 0 spiro atoms. The topological polar surface area (TPSA) is 61.8 Å². The van der Waals surface area contributed by atoms with Crippen molar-refractivity contribution >= 4 is 17.5 Å². The molecule has 10 heteroatoms. The van der Waals surface area contributed by atoms with Crippen molar-refractivity contribution in [1.29, 1.82) is 0 Å². The number of carbonyl (C=O) groups excluding carboxylic acids is 1. The van der Waals surface area contributed by atoms with Crippen molar-refractivity contribution in [1.82, 2.24) is 14.9 Å². The molecule has 0 unspecified atom stereocenters. The third kappa shape index (κ3) is 4.33. The Labute approximate surface area is 172 Å². The van der Waals surface area contributed by atoms with Crippen molar-refractivity contribution < 1.29 is 22.7 Å². The number of ether oxygens (including phenoxy) is 1. The summed E-state index contributed by atoms with van der Waals surface area (Å²) >= 11 is 0. The van der Waals surface area contributed by atoms with Gasteiger partial charge in [0.05, 0.1) is 24.3 Å². The van der Waals surface area contributed by atoms with Gasteiger partial charge in [-0.3, -0.25) is 4.79 Å². The Kier molecular flexibility index (Phi) is 5.76. The van der Waals surface area contributed by atoms with Crippen LogP contribution in [-0.4, -0.2) is 73.3 Å². The summed E-state index contributed by atoms with van der Waals surface area (Å²) < 4.78 is 45.1. The standard InChI is InChI=1S/C20H22F3N5O2/c21-20(22,23)16-4-2-1-3-15(16)19(29)28-7-5-26(6-8-28)17-13-18(25-14-24-17)27-9-11-30-12-10-27/h1-4,13-14H,5-12H2. The summed E-state index contributed by atoms with van der Waals surface area (Å²) in [5, 5.41) is 0. The van der Waals surface area contributed by atoms with E-state index in [2.05, 4.69) is 14.9 Å². The van der Waals surface area contributed by atoms with Gasteiger partial charge in [-0.15, -0.1) is 0 Å². The van der Waals surface area contributed by atoms with E-state index in [0.29, 0.717) is 39.4 Å². The monoisotopic (exact) mass is 421 g/mol. The third-order valence-corrected chi connectivity index (χ3v) is 5.33. The molecule has 0 saturated carbocycles. The van der Waals surface area contributed by atoms with Gasteiger partial charge in [0.2, 0.25) is 0 Å².